The Morgan fingerprint density at radius 3 is 2.91 bits per heavy atom. The fourth-order valence-electron chi connectivity index (χ4n) is 2.71. The summed E-state index contributed by atoms with van der Waals surface area (Å²) in [6.07, 6.45) is 0.933. The van der Waals surface area contributed by atoms with Crippen LogP contribution in [0.3, 0.4) is 0 Å². The number of aromatic nitrogens is 1. The molecule has 0 aliphatic rings. The third kappa shape index (κ3) is 3.35. The molecule has 2 heterocycles. The molecule has 0 saturated heterocycles. The molecule has 1 N–H and O–H groups in total. The molecule has 120 valence electrons. The second-order valence-corrected chi connectivity index (χ2v) is 7.42. The maximum absolute atomic E-state index is 12.5. The molecule has 23 heavy (non-hydrogen) atoms. The molecule has 1 aromatic carbocycles. The highest BCUT2D eigenvalue weighted by Gasteiger charge is 2.18. The highest BCUT2D eigenvalue weighted by atomic mass is 79.9. The van der Waals surface area contributed by atoms with Crippen molar-refractivity contribution in [3.05, 3.63) is 57.0 Å². The van der Waals surface area contributed by atoms with Gasteiger partial charge in [-0.3, -0.25) is 4.79 Å². The molecule has 2 aromatic heterocycles. The van der Waals surface area contributed by atoms with Crippen molar-refractivity contribution in [3.63, 3.8) is 0 Å². The van der Waals surface area contributed by atoms with E-state index in [2.05, 4.69) is 69.3 Å². The lowest BCUT2D eigenvalue weighted by Crippen LogP contribution is -2.26. The number of carbonyl (C=O) groups excluding carboxylic acids is 1. The van der Waals surface area contributed by atoms with E-state index in [1.165, 1.54) is 11.1 Å². The van der Waals surface area contributed by atoms with Gasteiger partial charge in [0, 0.05) is 18.5 Å². The first-order chi connectivity index (χ1) is 11.1. The second-order valence-electron chi connectivity index (χ2n) is 5.66. The minimum absolute atomic E-state index is 0.00481. The van der Waals surface area contributed by atoms with Crippen molar-refractivity contribution in [2.24, 2.45) is 0 Å². The molecular weight excluding hydrogens is 372 g/mol. The van der Waals surface area contributed by atoms with E-state index in [1.807, 2.05) is 6.07 Å². The summed E-state index contributed by atoms with van der Waals surface area (Å²) in [5, 5.41) is 5.06. The van der Waals surface area contributed by atoms with Crippen LogP contribution < -0.4 is 5.32 Å². The Morgan fingerprint density at radius 1 is 1.35 bits per heavy atom. The maximum atomic E-state index is 12.5. The molecule has 1 amide bonds. The van der Waals surface area contributed by atoms with Crippen LogP contribution in [0.5, 0.6) is 0 Å². The van der Waals surface area contributed by atoms with Gasteiger partial charge in [0.1, 0.15) is 5.69 Å². The molecule has 3 nitrogen and oxygen atoms in total. The van der Waals surface area contributed by atoms with Crippen molar-refractivity contribution >= 4 is 43.4 Å². The Morgan fingerprint density at radius 2 is 2.17 bits per heavy atom. The van der Waals surface area contributed by atoms with Crippen molar-refractivity contribution in [2.45, 2.75) is 26.8 Å². The first-order valence-corrected chi connectivity index (χ1v) is 9.37. The molecule has 0 aliphatic carbocycles. The summed E-state index contributed by atoms with van der Waals surface area (Å²) in [5.41, 5.74) is 4.25. The van der Waals surface area contributed by atoms with Gasteiger partial charge in [0.05, 0.1) is 14.7 Å². The van der Waals surface area contributed by atoms with Crippen molar-refractivity contribution in [1.29, 1.82) is 0 Å². The van der Waals surface area contributed by atoms with Gasteiger partial charge >= 0.3 is 0 Å². The average Bonchev–Trinajstić information content (AvgIpc) is 3.06. The van der Waals surface area contributed by atoms with Crippen LogP contribution in [0.2, 0.25) is 0 Å². The molecule has 0 radical (unpaired) electrons. The Balaban J connectivity index is 2.04. The van der Waals surface area contributed by atoms with Gasteiger partial charge in [0.25, 0.3) is 5.91 Å². The summed E-state index contributed by atoms with van der Waals surface area (Å²) in [4.78, 5) is 12.5. The Bertz CT molecular complexity index is 850. The lowest BCUT2D eigenvalue weighted by atomic mass is 10.1. The Kier molecular flexibility index (Phi) is 4.87. The zero-order valence-electron chi connectivity index (χ0n) is 13.2. The number of hydrogen-bond acceptors (Lipinski definition) is 2. The number of halogens is 1. The molecule has 0 aliphatic heterocycles. The number of carbonyl (C=O) groups is 1. The van der Waals surface area contributed by atoms with E-state index in [1.54, 1.807) is 11.3 Å². The third-order valence-corrected chi connectivity index (χ3v) is 5.60. The SMILES string of the molecule is CCCNC(=O)c1cc2scc(Br)c2n1Cc1cccc(C)c1. The number of fused-ring (bicyclic) bond motifs is 1. The quantitative estimate of drug-likeness (QED) is 0.655. The van der Waals surface area contributed by atoms with Crippen molar-refractivity contribution in [1.82, 2.24) is 9.88 Å². The van der Waals surface area contributed by atoms with E-state index in [4.69, 9.17) is 0 Å². The predicted molar refractivity (Wildman–Crippen MR) is 100 cm³/mol. The largest absolute Gasteiger partial charge is 0.351 e. The number of nitrogens with one attached hydrogen (secondary N) is 1. The van der Waals surface area contributed by atoms with Gasteiger partial charge in [-0.1, -0.05) is 36.8 Å². The topological polar surface area (TPSA) is 34.0 Å². The first kappa shape index (κ1) is 16.3. The van der Waals surface area contributed by atoms with Crippen LogP contribution in [0.15, 0.2) is 40.2 Å². The van der Waals surface area contributed by atoms with Gasteiger partial charge in [-0.05, 0) is 40.9 Å². The van der Waals surface area contributed by atoms with Gasteiger partial charge in [-0.15, -0.1) is 11.3 Å². The molecule has 0 atom stereocenters. The minimum atomic E-state index is -0.00481. The number of aryl methyl sites for hydroxylation is 1. The Labute approximate surface area is 148 Å². The zero-order valence-corrected chi connectivity index (χ0v) is 15.6. The van der Waals surface area contributed by atoms with Crippen LogP contribution in [-0.4, -0.2) is 17.0 Å². The summed E-state index contributed by atoms with van der Waals surface area (Å²) < 4.78 is 4.28. The van der Waals surface area contributed by atoms with Gasteiger partial charge in [-0.25, -0.2) is 0 Å². The number of rotatable bonds is 5. The summed E-state index contributed by atoms with van der Waals surface area (Å²) >= 11 is 5.27. The van der Waals surface area contributed by atoms with E-state index < -0.39 is 0 Å². The van der Waals surface area contributed by atoms with Gasteiger partial charge in [-0.2, -0.15) is 0 Å². The molecule has 0 spiro atoms. The number of hydrogen-bond donors (Lipinski definition) is 1. The van der Waals surface area contributed by atoms with Crippen molar-refractivity contribution in [3.8, 4) is 0 Å². The Hall–Kier alpha value is -1.59. The highest BCUT2D eigenvalue weighted by molar-refractivity contribution is 9.10. The first-order valence-electron chi connectivity index (χ1n) is 7.70. The molecule has 0 unspecified atom stereocenters. The van der Waals surface area contributed by atoms with Crippen LogP contribution in [0.1, 0.15) is 35.0 Å². The standard InChI is InChI=1S/C18H19BrN2OS/c1-3-7-20-18(22)15-9-16-17(14(19)11-23-16)21(15)10-13-6-4-5-12(2)8-13/h4-6,8-9,11H,3,7,10H2,1-2H3,(H,20,22). The van der Waals surface area contributed by atoms with E-state index >= 15 is 0 Å². The summed E-state index contributed by atoms with van der Waals surface area (Å²) in [6.45, 7) is 5.53. The maximum Gasteiger partial charge on any atom is 0.267 e. The summed E-state index contributed by atoms with van der Waals surface area (Å²) in [7, 11) is 0. The van der Waals surface area contributed by atoms with Crippen LogP contribution in [-0.2, 0) is 6.54 Å². The number of benzene rings is 1. The number of amides is 1. The smallest absolute Gasteiger partial charge is 0.267 e. The molecule has 3 rings (SSSR count). The van der Waals surface area contributed by atoms with E-state index in [0.29, 0.717) is 13.1 Å². The average molecular weight is 391 g/mol. The van der Waals surface area contributed by atoms with Crippen molar-refractivity contribution < 1.29 is 4.79 Å². The fourth-order valence-corrected chi connectivity index (χ4v) is 4.40. The second kappa shape index (κ2) is 6.89. The summed E-state index contributed by atoms with van der Waals surface area (Å²) in [6, 6.07) is 10.4. The number of thiophene rings is 1. The third-order valence-electron chi connectivity index (χ3n) is 3.77. The molecule has 5 heteroatoms. The highest BCUT2D eigenvalue weighted by Crippen LogP contribution is 2.33. The summed E-state index contributed by atoms with van der Waals surface area (Å²) in [5.74, 6) is -0.00481. The van der Waals surface area contributed by atoms with Gasteiger partial charge < -0.3 is 9.88 Å². The molecule has 3 aromatic rings. The lowest BCUT2D eigenvalue weighted by molar-refractivity contribution is 0.0945. The molecule has 0 fully saturated rings. The van der Waals surface area contributed by atoms with E-state index in [9.17, 15) is 4.79 Å². The van der Waals surface area contributed by atoms with Gasteiger partial charge in [0.2, 0.25) is 0 Å². The number of nitrogens with zero attached hydrogens (tertiary/aromatic N) is 1. The van der Waals surface area contributed by atoms with Crippen LogP contribution in [0, 0.1) is 6.92 Å². The fraction of sp³-hybridized carbons (Fsp3) is 0.278. The van der Waals surface area contributed by atoms with E-state index in [0.717, 1.165) is 26.8 Å². The lowest BCUT2D eigenvalue weighted by Gasteiger charge is -2.11. The van der Waals surface area contributed by atoms with Gasteiger partial charge in [0.15, 0.2) is 0 Å². The van der Waals surface area contributed by atoms with Crippen LogP contribution >= 0.6 is 27.3 Å². The zero-order chi connectivity index (χ0) is 16.4. The molecule has 0 saturated carbocycles. The van der Waals surface area contributed by atoms with E-state index in [-0.39, 0.29) is 5.91 Å². The normalized spacial score (nSPS) is 11.1. The van der Waals surface area contributed by atoms with Crippen LogP contribution in [0.4, 0.5) is 0 Å². The molecule has 0 bridgehead atoms. The predicted octanol–water partition coefficient (Wildman–Crippen LogP) is 4.96. The van der Waals surface area contributed by atoms with Crippen LogP contribution in [0.25, 0.3) is 10.2 Å². The monoisotopic (exact) mass is 390 g/mol. The molecular formula is C18H19BrN2OS. The van der Waals surface area contributed by atoms with Crippen molar-refractivity contribution in [2.75, 3.05) is 6.54 Å². The minimum Gasteiger partial charge on any atom is -0.351 e.